The molecule has 0 bridgehead atoms. The maximum absolute atomic E-state index is 14.3. The zero-order valence-corrected chi connectivity index (χ0v) is 20.2. The van der Waals surface area contributed by atoms with Gasteiger partial charge in [0.15, 0.2) is 5.69 Å². The number of amides is 1. The Morgan fingerprint density at radius 3 is 2.67 bits per heavy atom. The van der Waals surface area contributed by atoms with Gasteiger partial charge in [0.1, 0.15) is 21.6 Å². The van der Waals surface area contributed by atoms with Crippen LogP contribution in [0, 0.1) is 17.6 Å². The molecule has 7 N–H and O–H groups in total. The van der Waals surface area contributed by atoms with Gasteiger partial charge in [-0.2, -0.15) is 0 Å². The lowest BCUT2D eigenvalue weighted by Crippen LogP contribution is -2.56. The third-order valence-electron chi connectivity index (χ3n) is 6.74. The van der Waals surface area contributed by atoms with E-state index in [0.717, 1.165) is 29.0 Å². The van der Waals surface area contributed by atoms with E-state index in [1.54, 1.807) is 0 Å². The maximum atomic E-state index is 14.3. The molecule has 0 radical (unpaired) electrons. The van der Waals surface area contributed by atoms with Gasteiger partial charge in [-0.25, -0.2) is 13.8 Å². The number of benzene rings is 1. The van der Waals surface area contributed by atoms with Crippen molar-refractivity contribution in [2.45, 2.75) is 38.0 Å². The number of nitrogens with zero attached hydrogens (tertiary/aromatic N) is 3. The molecule has 3 heterocycles. The number of aromatic nitrogens is 2. The Morgan fingerprint density at radius 2 is 1.97 bits per heavy atom. The highest BCUT2D eigenvalue weighted by Gasteiger charge is 2.36. The summed E-state index contributed by atoms with van der Waals surface area (Å²) in [5, 5.41) is 23.5. The SMILES string of the molecule is C[C@H]1CN(c2c(NC(=O)c3nc(-c4c(F)cccc4F)sc3N)cnc3c2CCC3O)C[C@@H](N)[C@@H]1O. The summed E-state index contributed by atoms with van der Waals surface area (Å²) in [7, 11) is 0. The number of pyridine rings is 1. The third-order valence-corrected chi connectivity index (χ3v) is 7.64. The number of piperidine rings is 1. The average Bonchev–Trinajstić information content (AvgIpc) is 3.39. The van der Waals surface area contributed by atoms with E-state index in [4.69, 9.17) is 11.5 Å². The number of carbonyl (C=O) groups excluding carboxylic acids is 1. The van der Waals surface area contributed by atoms with Gasteiger partial charge in [0.2, 0.25) is 0 Å². The van der Waals surface area contributed by atoms with Gasteiger partial charge in [-0.1, -0.05) is 24.3 Å². The molecule has 1 unspecified atom stereocenters. The van der Waals surface area contributed by atoms with Crippen LogP contribution < -0.4 is 21.7 Å². The van der Waals surface area contributed by atoms with E-state index in [1.807, 2.05) is 11.8 Å². The Morgan fingerprint density at radius 1 is 1.25 bits per heavy atom. The molecule has 1 aromatic carbocycles. The first-order valence-corrected chi connectivity index (χ1v) is 12.4. The quantitative estimate of drug-likeness (QED) is 0.355. The molecule has 9 nitrogen and oxygen atoms in total. The minimum absolute atomic E-state index is 0.00739. The largest absolute Gasteiger partial charge is 0.391 e. The highest BCUT2D eigenvalue weighted by molar-refractivity contribution is 7.19. The number of thiazole rings is 1. The van der Waals surface area contributed by atoms with Gasteiger partial charge in [-0.3, -0.25) is 9.78 Å². The number of halogens is 2. The smallest absolute Gasteiger partial charge is 0.277 e. The predicted octanol–water partition coefficient (Wildman–Crippen LogP) is 2.44. The van der Waals surface area contributed by atoms with E-state index in [9.17, 15) is 23.8 Å². The van der Waals surface area contributed by atoms with Crippen LogP contribution in [0.4, 0.5) is 25.2 Å². The van der Waals surface area contributed by atoms with Gasteiger partial charge in [0.25, 0.3) is 5.91 Å². The summed E-state index contributed by atoms with van der Waals surface area (Å²) >= 11 is 0.811. The number of nitrogen functional groups attached to an aromatic ring is 1. The number of carbonyl (C=O) groups is 1. The number of aliphatic hydroxyl groups excluding tert-OH is 2. The molecule has 3 aromatic rings. The summed E-state index contributed by atoms with van der Waals surface area (Å²) in [5.41, 5.74) is 14.1. The summed E-state index contributed by atoms with van der Waals surface area (Å²) in [4.78, 5) is 23.7. The summed E-state index contributed by atoms with van der Waals surface area (Å²) in [6.07, 6.45) is 1.15. The second-order valence-electron chi connectivity index (χ2n) is 9.26. The summed E-state index contributed by atoms with van der Waals surface area (Å²) in [5.74, 6) is -2.41. The van der Waals surface area contributed by atoms with Crippen LogP contribution in [-0.2, 0) is 6.42 Å². The van der Waals surface area contributed by atoms with E-state index >= 15 is 0 Å². The molecule has 1 aliphatic heterocycles. The fourth-order valence-corrected chi connectivity index (χ4v) is 5.82. The molecule has 12 heteroatoms. The lowest BCUT2D eigenvalue weighted by atomic mass is 9.92. The number of anilines is 3. The van der Waals surface area contributed by atoms with Crippen molar-refractivity contribution >= 4 is 33.6 Å². The summed E-state index contributed by atoms with van der Waals surface area (Å²) < 4.78 is 28.5. The first kappa shape index (κ1) is 24.5. The van der Waals surface area contributed by atoms with Crippen molar-refractivity contribution < 1.29 is 23.8 Å². The van der Waals surface area contributed by atoms with Crippen molar-refractivity contribution in [2.75, 3.05) is 29.0 Å². The number of nitrogens with two attached hydrogens (primary N) is 2. The average molecular weight is 517 g/mol. The minimum Gasteiger partial charge on any atom is -0.391 e. The minimum atomic E-state index is -0.808. The number of hydrogen-bond donors (Lipinski definition) is 5. The molecule has 2 aliphatic rings. The maximum Gasteiger partial charge on any atom is 0.277 e. The molecule has 2 aromatic heterocycles. The van der Waals surface area contributed by atoms with E-state index in [0.29, 0.717) is 43.0 Å². The number of aliphatic hydroxyl groups is 2. The van der Waals surface area contributed by atoms with Gasteiger partial charge in [0.05, 0.1) is 41.0 Å². The van der Waals surface area contributed by atoms with Crippen molar-refractivity contribution in [1.29, 1.82) is 0 Å². The Hall–Kier alpha value is -3.19. The van der Waals surface area contributed by atoms with E-state index in [1.165, 1.54) is 12.3 Å². The molecule has 1 fully saturated rings. The second kappa shape index (κ2) is 9.36. The van der Waals surface area contributed by atoms with Crippen molar-refractivity contribution in [1.82, 2.24) is 9.97 Å². The monoisotopic (exact) mass is 516 g/mol. The van der Waals surface area contributed by atoms with Crippen LogP contribution in [0.5, 0.6) is 0 Å². The van der Waals surface area contributed by atoms with Crippen LogP contribution >= 0.6 is 11.3 Å². The Balaban J connectivity index is 1.50. The normalized spacial score (nSPS) is 23.6. The molecular formula is C24H26F2N6O3S. The fourth-order valence-electron chi connectivity index (χ4n) is 4.94. The summed E-state index contributed by atoms with van der Waals surface area (Å²) in [6, 6.07) is 2.95. The van der Waals surface area contributed by atoms with Crippen LogP contribution in [-0.4, -0.2) is 51.3 Å². The van der Waals surface area contributed by atoms with Gasteiger partial charge in [-0.05, 0) is 25.0 Å². The van der Waals surface area contributed by atoms with E-state index < -0.39 is 35.8 Å². The molecule has 36 heavy (non-hydrogen) atoms. The van der Waals surface area contributed by atoms with Crippen molar-refractivity contribution in [2.24, 2.45) is 11.7 Å². The van der Waals surface area contributed by atoms with Gasteiger partial charge >= 0.3 is 0 Å². The number of rotatable bonds is 4. The van der Waals surface area contributed by atoms with Crippen LogP contribution in [0.1, 0.15) is 41.2 Å². The number of fused-ring (bicyclic) bond motifs is 1. The Bertz CT molecular complexity index is 1300. The van der Waals surface area contributed by atoms with Crippen molar-refractivity contribution in [3.8, 4) is 10.6 Å². The van der Waals surface area contributed by atoms with E-state index in [-0.39, 0.29) is 27.2 Å². The zero-order chi connectivity index (χ0) is 25.7. The first-order chi connectivity index (χ1) is 17.2. The first-order valence-electron chi connectivity index (χ1n) is 11.6. The lowest BCUT2D eigenvalue weighted by Gasteiger charge is -2.41. The molecular weight excluding hydrogens is 490 g/mol. The van der Waals surface area contributed by atoms with Crippen LogP contribution in [0.3, 0.4) is 0 Å². The Labute approximate surface area is 209 Å². The highest BCUT2D eigenvalue weighted by Crippen LogP contribution is 2.42. The predicted molar refractivity (Wildman–Crippen MR) is 133 cm³/mol. The number of nitrogens with one attached hydrogen (secondary N) is 1. The molecule has 1 aliphatic carbocycles. The zero-order valence-electron chi connectivity index (χ0n) is 19.4. The molecule has 5 rings (SSSR count). The molecule has 1 saturated heterocycles. The fraction of sp³-hybridized carbons (Fsp3) is 0.375. The topological polar surface area (TPSA) is 151 Å². The van der Waals surface area contributed by atoms with E-state index in [2.05, 4.69) is 15.3 Å². The van der Waals surface area contributed by atoms with Crippen molar-refractivity contribution in [3.05, 3.63) is 53.0 Å². The van der Waals surface area contributed by atoms with Crippen molar-refractivity contribution in [3.63, 3.8) is 0 Å². The standard InChI is InChI=1S/C24H26F2N6O3S/c1-10-8-32(9-14(27)21(10)34)20-11-5-6-16(33)18(11)29-7-15(20)30-23(35)19-22(28)36-24(31-19)17-12(25)3-2-4-13(17)26/h2-4,7,10,14,16,21,33-34H,5-6,8-9,27-28H2,1H3,(H,30,35)/t10-,14+,16?,21+/m0/s1. The van der Waals surface area contributed by atoms with Crippen LogP contribution in [0.2, 0.25) is 0 Å². The van der Waals surface area contributed by atoms with Gasteiger partial charge < -0.3 is 31.9 Å². The third kappa shape index (κ3) is 4.19. The lowest BCUT2D eigenvalue weighted by molar-refractivity contribution is 0.0784. The number of hydrogen-bond acceptors (Lipinski definition) is 9. The van der Waals surface area contributed by atoms with Crippen LogP contribution in [0.15, 0.2) is 24.4 Å². The van der Waals surface area contributed by atoms with Gasteiger partial charge in [0, 0.05) is 30.6 Å². The molecule has 1 amide bonds. The van der Waals surface area contributed by atoms with Crippen LogP contribution in [0.25, 0.3) is 10.6 Å². The second-order valence-corrected chi connectivity index (χ2v) is 10.3. The molecule has 0 spiro atoms. The molecule has 190 valence electrons. The molecule has 4 atom stereocenters. The Kier molecular flexibility index (Phi) is 6.37. The summed E-state index contributed by atoms with van der Waals surface area (Å²) in [6.45, 7) is 2.72. The van der Waals surface area contributed by atoms with Gasteiger partial charge in [-0.15, -0.1) is 0 Å². The molecule has 0 saturated carbocycles. The highest BCUT2D eigenvalue weighted by atomic mass is 32.1.